The number of hydrogen-bond acceptors (Lipinski definition) is 11. The minimum atomic E-state index is -1.34. The molecule has 2 heterocycles. The van der Waals surface area contributed by atoms with Crippen molar-refractivity contribution >= 4 is 11.6 Å². The van der Waals surface area contributed by atoms with Crippen LogP contribution in [0.1, 0.15) is 6.92 Å². The number of carbonyl (C=O) groups is 1. The molecule has 27 heavy (non-hydrogen) atoms. The lowest BCUT2D eigenvalue weighted by Crippen LogP contribution is -2.47. The fourth-order valence-corrected chi connectivity index (χ4v) is 2.72. The van der Waals surface area contributed by atoms with Gasteiger partial charge in [-0.1, -0.05) is 0 Å². The lowest BCUT2D eigenvalue weighted by atomic mass is 10.0. The first-order valence-corrected chi connectivity index (χ1v) is 8.37. The summed E-state index contributed by atoms with van der Waals surface area (Å²) in [4.78, 5) is 17.0. The van der Waals surface area contributed by atoms with Gasteiger partial charge >= 0.3 is 0 Å². The van der Waals surface area contributed by atoms with Gasteiger partial charge in [-0.3, -0.25) is 4.79 Å². The Labute approximate surface area is 157 Å². The molecule has 2 aliphatic heterocycles. The Kier molecular flexibility index (Phi) is 7.28. The van der Waals surface area contributed by atoms with Crippen LogP contribution in [0.5, 0.6) is 0 Å². The SMILES string of the molecule is COCC(=O)C(C)(COCC1OC(N2C=CC(N)=NC2O)C(O)C1O)OC. The maximum absolute atomic E-state index is 12.0. The number of Topliss-reactive ketones (excluding diaryl/α,β-unsaturated/α-hetero) is 1. The van der Waals surface area contributed by atoms with E-state index in [1.165, 1.54) is 31.4 Å². The largest absolute Gasteiger partial charge is 0.387 e. The monoisotopic (exact) mass is 389 g/mol. The highest BCUT2D eigenvalue weighted by atomic mass is 16.6. The van der Waals surface area contributed by atoms with Crippen molar-refractivity contribution in [1.82, 2.24) is 4.90 Å². The summed E-state index contributed by atoms with van der Waals surface area (Å²) in [6, 6.07) is 0. The normalized spacial score (nSPS) is 33.0. The van der Waals surface area contributed by atoms with Gasteiger partial charge in [-0.15, -0.1) is 0 Å². The van der Waals surface area contributed by atoms with Crippen LogP contribution in [-0.2, 0) is 23.7 Å². The summed E-state index contributed by atoms with van der Waals surface area (Å²) in [5.74, 6) is -0.165. The average molecular weight is 389 g/mol. The van der Waals surface area contributed by atoms with Gasteiger partial charge in [0.15, 0.2) is 12.0 Å². The van der Waals surface area contributed by atoms with Gasteiger partial charge in [-0.2, -0.15) is 0 Å². The van der Waals surface area contributed by atoms with Crippen LogP contribution in [0.3, 0.4) is 0 Å². The van der Waals surface area contributed by atoms with Gasteiger partial charge < -0.3 is 44.9 Å². The van der Waals surface area contributed by atoms with Crippen LogP contribution in [-0.4, -0.2) is 102 Å². The third-order valence-corrected chi connectivity index (χ3v) is 4.56. The molecule has 0 radical (unpaired) electrons. The molecule has 0 bridgehead atoms. The van der Waals surface area contributed by atoms with Gasteiger partial charge in [-0.25, -0.2) is 4.99 Å². The summed E-state index contributed by atoms with van der Waals surface area (Å²) in [7, 11) is 2.79. The Morgan fingerprint density at radius 1 is 1.37 bits per heavy atom. The smallest absolute Gasteiger partial charge is 0.229 e. The number of hydrogen-bond donors (Lipinski definition) is 4. The van der Waals surface area contributed by atoms with E-state index in [-0.39, 0.29) is 31.4 Å². The molecule has 0 saturated carbocycles. The number of ether oxygens (including phenoxy) is 4. The number of nitrogens with two attached hydrogens (primary N) is 1. The van der Waals surface area contributed by atoms with E-state index in [9.17, 15) is 20.1 Å². The molecule has 1 fully saturated rings. The molecule has 0 aromatic carbocycles. The van der Waals surface area contributed by atoms with E-state index in [4.69, 9.17) is 24.7 Å². The van der Waals surface area contributed by atoms with Gasteiger partial charge in [-0.05, 0) is 13.0 Å². The molecule has 0 aliphatic carbocycles. The molecule has 154 valence electrons. The Morgan fingerprint density at radius 2 is 2.07 bits per heavy atom. The summed E-state index contributed by atoms with van der Waals surface area (Å²) in [6.07, 6.45) is -2.98. The number of aliphatic imine (C=N–C) groups is 1. The van der Waals surface area contributed by atoms with Crippen LogP contribution in [0.4, 0.5) is 0 Å². The summed E-state index contributed by atoms with van der Waals surface area (Å²) in [6.45, 7) is 1.24. The van der Waals surface area contributed by atoms with Crippen molar-refractivity contribution in [1.29, 1.82) is 0 Å². The van der Waals surface area contributed by atoms with Crippen LogP contribution in [0.25, 0.3) is 0 Å². The molecule has 2 rings (SSSR count). The van der Waals surface area contributed by atoms with Crippen LogP contribution < -0.4 is 5.73 Å². The number of amidine groups is 1. The molecule has 6 unspecified atom stereocenters. The summed E-state index contributed by atoms with van der Waals surface area (Å²) in [5, 5.41) is 30.4. The molecular formula is C16H27N3O8. The van der Waals surface area contributed by atoms with Gasteiger partial charge in [0.25, 0.3) is 0 Å². The van der Waals surface area contributed by atoms with Gasteiger partial charge in [0, 0.05) is 20.4 Å². The summed E-state index contributed by atoms with van der Waals surface area (Å²) >= 11 is 0. The van der Waals surface area contributed by atoms with E-state index in [1.54, 1.807) is 6.92 Å². The summed E-state index contributed by atoms with van der Waals surface area (Å²) < 4.78 is 21.2. The number of nitrogens with zero attached hydrogens (tertiary/aromatic N) is 2. The van der Waals surface area contributed by atoms with E-state index in [0.29, 0.717) is 0 Å². The molecule has 11 heteroatoms. The first-order chi connectivity index (χ1) is 12.7. The number of aliphatic hydroxyl groups excluding tert-OH is 3. The zero-order valence-corrected chi connectivity index (χ0v) is 15.5. The fourth-order valence-electron chi connectivity index (χ4n) is 2.72. The standard InChI is InChI=1S/C16H27N3O8/c1-16(25-3,10(20)7-24-2)8-26-6-9-12(21)13(22)14(27-9)19-5-4-11(17)18-15(19)23/h4-5,9,12-15,21-23H,6-8H2,1-3H3,(H2,17,18). The third kappa shape index (κ3) is 4.82. The molecule has 0 aromatic heterocycles. The lowest BCUT2D eigenvalue weighted by Gasteiger charge is -2.33. The first kappa shape index (κ1) is 21.7. The van der Waals surface area contributed by atoms with Crippen LogP contribution in [0.2, 0.25) is 0 Å². The maximum atomic E-state index is 12.0. The number of methoxy groups -OCH3 is 2. The Bertz CT molecular complexity index is 586. The molecule has 5 N–H and O–H groups in total. The quantitative estimate of drug-likeness (QED) is 0.333. The van der Waals surface area contributed by atoms with Crippen molar-refractivity contribution in [3.05, 3.63) is 12.3 Å². The van der Waals surface area contributed by atoms with Crippen molar-refractivity contribution in [3.63, 3.8) is 0 Å². The zero-order chi connectivity index (χ0) is 20.2. The maximum Gasteiger partial charge on any atom is 0.229 e. The Hall–Kier alpha value is -1.60. The fraction of sp³-hybridized carbons (Fsp3) is 0.750. The molecular weight excluding hydrogens is 362 g/mol. The highest BCUT2D eigenvalue weighted by Gasteiger charge is 2.47. The number of ketones is 1. The number of aliphatic hydroxyl groups is 3. The second-order valence-corrected chi connectivity index (χ2v) is 6.52. The van der Waals surface area contributed by atoms with Crippen LogP contribution in [0.15, 0.2) is 17.3 Å². The highest BCUT2D eigenvalue weighted by molar-refractivity contribution is 5.91. The van der Waals surface area contributed by atoms with E-state index in [2.05, 4.69) is 4.99 Å². The van der Waals surface area contributed by atoms with Crippen molar-refractivity contribution in [2.75, 3.05) is 34.0 Å². The van der Waals surface area contributed by atoms with Crippen molar-refractivity contribution in [2.45, 2.75) is 43.4 Å². The second-order valence-electron chi connectivity index (χ2n) is 6.52. The zero-order valence-electron chi connectivity index (χ0n) is 15.5. The van der Waals surface area contributed by atoms with Gasteiger partial charge in [0.05, 0.1) is 13.2 Å². The van der Waals surface area contributed by atoms with Crippen LogP contribution in [0, 0.1) is 0 Å². The predicted molar refractivity (Wildman–Crippen MR) is 92.4 cm³/mol. The molecule has 11 nitrogen and oxygen atoms in total. The third-order valence-electron chi connectivity index (χ3n) is 4.56. The molecule has 6 atom stereocenters. The van der Waals surface area contributed by atoms with E-state index < -0.39 is 36.5 Å². The van der Waals surface area contributed by atoms with Crippen LogP contribution >= 0.6 is 0 Å². The average Bonchev–Trinajstić information content (AvgIpc) is 2.90. The molecule has 1 saturated heterocycles. The molecule has 2 aliphatic rings. The Morgan fingerprint density at radius 3 is 2.67 bits per heavy atom. The predicted octanol–water partition coefficient (Wildman–Crippen LogP) is -2.47. The van der Waals surface area contributed by atoms with Crippen molar-refractivity contribution < 1.29 is 39.1 Å². The van der Waals surface area contributed by atoms with Crippen molar-refractivity contribution in [3.8, 4) is 0 Å². The summed E-state index contributed by atoms with van der Waals surface area (Å²) in [5.41, 5.74) is 4.28. The first-order valence-electron chi connectivity index (χ1n) is 8.37. The van der Waals surface area contributed by atoms with E-state index >= 15 is 0 Å². The topological polar surface area (TPSA) is 156 Å². The lowest BCUT2D eigenvalue weighted by molar-refractivity contribution is -0.157. The molecule has 0 amide bonds. The minimum absolute atomic E-state index is 0.0912. The minimum Gasteiger partial charge on any atom is -0.387 e. The number of rotatable bonds is 9. The van der Waals surface area contributed by atoms with E-state index in [1.807, 2.05) is 0 Å². The highest BCUT2D eigenvalue weighted by Crippen LogP contribution is 2.27. The van der Waals surface area contributed by atoms with Gasteiger partial charge in [0.1, 0.15) is 36.4 Å². The Balaban J connectivity index is 1.92. The molecule has 0 spiro atoms. The number of carbonyl (C=O) groups excluding carboxylic acids is 1. The second kappa shape index (κ2) is 9.06. The van der Waals surface area contributed by atoms with Gasteiger partial charge in [0.2, 0.25) is 6.35 Å². The van der Waals surface area contributed by atoms with E-state index in [0.717, 1.165) is 0 Å². The van der Waals surface area contributed by atoms with Crippen molar-refractivity contribution in [2.24, 2.45) is 10.7 Å². The molecule has 0 aromatic rings.